The summed E-state index contributed by atoms with van der Waals surface area (Å²) in [5.41, 5.74) is 2.03. The zero-order valence-electron chi connectivity index (χ0n) is 18.2. The van der Waals surface area contributed by atoms with Gasteiger partial charge in [0.25, 0.3) is 0 Å². The molecule has 1 aliphatic heterocycles. The van der Waals surface area contributed by atoms with Crippen molar-refractivity contribution in [2.24, 2.45) is 7.05 Å². The summed E-state index contributed by atoms with van der Waals surface area (Å²) in [5.74, 6) is 0.140. The molecule has 2 unspecified atom stereocenters. The minimum Gasteiger partial charge on any atom is -0.445 e. The Morgan fingerprint density at radius 2 is 1.70 bits per heavy atom. The number of aryl methyl sites for hydroxylation is 2. The van der Waals surface area contributed by atoms with E-state index in [1.807, 2.05) is 60.3 Å². The van der Waals surface area contributed by atoms with Gasteiger partial charge in [0.05, 0.1) is 12.2 Å². The summed E-state index contributed by atoms with van der Waals surface area (Å²) >= 11 is 0. The Bertz CT molecular complexity index is 836. The summed E-state index contributed by atoms with van der Waals surface area (Å²) in [6.07, 6.45) is 6.17. The fourth-order valence-electron chi connectivity index (χ4n) is 3.98. The quantitative estimate of drug-likeness (QED) is 0.699. The van der Waals surface area contributed by atoms with E-state index in [-0.39, 0.29) is 30.7 Å². The molecule has 1 aliphatic rings. The number of hydrogen-bond donors (Lipinski definition) is 0. The van der Waals surface area contributed by atoms with E-state index < -0.39 is 0 Å². The van der Waals surface area contributed by atoms with Crippen LogP contribution in [0.5, 0.6) is 0 Å². The molecule has 1 aromatic carbocycles. The maximum atomic E-state index is 13.0. The van der Waals surface area contributed by atoms with Crippen LogP contribution < -0.4 is 0 Å². The van der Waals surface area contributed by atoms with E-state index in [4.69, 9.17) is 4.74 Å². The fraction of sp³-hybridized carbons (Fsp3) is 0.522. The van der Waals surface area contributed by atoms with Crippen molar-refractivity contribution in [3.05, 3.63) is 53.9 Å². The predicted octanol–water partition coefficient (Wildman–Crippen LogP) is 3.39. The number of piperazine rings is 1. The lowest BCUT2D eigenvalue weighted by atomic mass is 10.0. The summed E-state index contributed by atoms with van der Waals surface area (Å²) in [4.78, 5) is 29.5. The van der Waals surface area contributed by atoms with E-state index in [9.17, 15) is 9.59 Å². The Hall–Kier alpha value is -2.83. The maximum absolute atomic E-state index is 13.0. The molecule has 2 heterocycles. The summed E-state index contributed by atoms with van der Waals surface area (Å²) in [6.45, 7) is 5.44. The first kappa shape index (κ1) is 21.9. The van der Waals surface area contributed by atoms with Crippen LogP contribution in [0.15, 0.2) is 42.7 Å². The Labute approximate surface area is 178 Å². The second kappa shape index (κ2) is 10.3. The summed E-state index contributed by atoms with van der Waals surface area (Å²) in [5, 5.41) is 4.17. The van der Waals surface area contributed by atoms with Gasteiger partial charge in [-0.05, 0) is 30.4 Å². The van der Waals surface area contributed by atoms with Crippen LogP contribution in [-0.4, -0.2) is 56.8 Å². The van der Waals surface area contributed by atoms with Gasteiger partial charge in [0.1, 0.15) is 6.61 Å². The monoisotopic (exact) mass is 412 g/mol. The number of amides is 2. The lowest BCUT2D eigenvalue weighted by Gasteiger charge is -2.45. The number of carbonyl (C=O) groups excluding carboxylic acids is 2. The smallest absolute Gasteiger partial charge is 0.410 e. The van der Waals surface area contributed by atoms with Crippen LogP contribution in [0, 0.1) is 0 Å². The van der Waals surface area contributed by atoms with E-state index in [0.717, 1.165) is 24.0 Å². The molecule has 0 radical (unpaired) electrons. The minimum atomic E-state index is -0.299. The van der Waals surface area contributed by atoms with Gasteiger partial charge in [-0.25, -0.2) is 4.79 Å². The topological polar surface area (TPSA) is 67.7 Å². The van der Waals surface area contributed by atoms with Crippen LogP contribution in [0.25, 0.3) is 0 Å². The summed E-state index contributed by atoms with van der Waals surface area (Å²) < 4.78 is 7.32. The average molecular weight is 413 g/mol. The number of carbonyl (C=O) groups is 2. The Kier molecular flexibility index (Phi) is 7.49. The van der Waals surface area contributed by atoms with Gasteiger partial charge in [-0.1, -0.05) is 44.2 Å². The minimum absolute atomic E-state index is 0.0125. The highest BCUT2D eigenvalue weighted by molar-refractivity contribution is 5.77. The Balaban J connectivity index is 1.59. The van der Waals surface area contributed by atoms with Crippen molar-refractivity contribution in [3.63, 3.8) is 0 Å². The second-order valence-electron chi connectivity index (χ2n) is 7.89. The first-order chi connectivity index (χ1) is 14.5. The molecule has 7 heteroatoms. The number of nitrogens with zero attached hydrogens (tertiary/aromatic N) is 4. The number of benzene rings is 1. The molecular formula is C23H32N4O3. The van der Waals surface area contributed by atoms with Crippen LogP contribution in [-0.2, 0) is 29.6 Å². The third-order valence-electron chi connectivity index (χ3n) is 5.78. The van der Waals surface area contributed by atoms with Crippen LogP contribution in [0.4, 0.5) is 4.79 Å². The van der Waals surface area contributed by atoms with Crippen molar-refractivity contribution in [3.8, 4) is 0 Å². The van der Waals surface area contributed by atoms with Gasteiger partial charge < -0.3 is 14.5 Å². The van der Waals surface area contributed by atoms with E-state index in [2.05, 4.69) is 12.0 Å². The van der Waals surface area contributed by atoms with Gasteiger partial charge in [0, 0.05) is 38.8 Å². The van der Waals surface area contributed by atoms with E-state index in [0.29, 0.717) is 25.9 Å². The van der Waals surface area contributed by atoms with Crippen molar-refractivity contribution < 1.29 is 14.3 Å². The molecule has 2 amide bonds. The number of hydrogen-bond acceptors (Lipinski definition) is 4. The molecule has 30 heavy (non-hydrogen) atoms. The average Bonchev–Trinajstić information content (AvgIpc) is 3.20. The third kappa shape index (κ3) is 5.40. The number of aromatic nitrogens is 2. The van der Waals surface area contributed by atoms with Gasteiger partial charge >= 0.3 is 6.09 Å². The standard InChI is InChI=1S/C23H32N4O3/c1-4-20-16-27(23(29)30-17-18-9-7-6-8-10-18)21(5-2)15-26(20)22(28)12-11-19-13-24-25(3)14-19/h6-10,13-14,20-21H,4-5,11-12,15-17H2,1-3H3. The van der Waals surface area contributed by atoms with Gasteiger partial charge in [0.2, 0.25) is 5.91 Å². The molecule has 7 nitrogen and oxygen atoms in total. The lowest BCUT2D eigenvalue weighted by molar-refractivity contribution is -0.137. The van der Waals surface area contributed by atoms with Gasteiger partial charge in [-0.2, -0.15) is 5.10 Å². The first-order valence-corrected chi connectivity index (χ1v) is 10.8. The Morgan fingerprint density at radius 3 is 2.33 bits per heavy atom. The maximum Gasteiger partial charge on any atom is 0.410 e. The van der Waals surface area contributed by atoms with Crippen molar-refractivity contribution in [1.29, 1.82) is 0 Å². The lowest BCUT2D eigenvalue weighted by Crippen LogP contribution is -2.61. The van der Waals surface area contributed by atoms with Crippen molar-refractivity contribution in [1.82, 2.24) is 19.6 Å². The van der Waals surface area contributed by atoms with Crippen molar-refractivity contribution in [2.45, 2.75) is 58.2 Å². The molecule has 162 valence electrons. The third-order valence-corrected chi connectivity index (χ3v) is 5.78. The molecule has 0 saturated carbocycles. The summed E-state index contributed by atoms with van der Waals surface area (Å²) in [6, 6.07) is 9.67. The molecule has 0 aliphatic carbocycles. The molecule has 1 fully saturated rings. The van der Waals surface area contributed by atoms with E-state index in [1.165, 1.54) is 0 Å². The molecule has 2 aromatic rings. The van der Waals surface area contributed by atoms with Crippen molar-refractivity contribution in [2.75, 3.05) is 13.1 Å². The van der Waals surface area contributed by atoms with Gasteiger partial charge in [-0.3, -0.25) is 9.48 Å². The summed E-state index contributed by atoms with van der Waals surface area (Å²) in [7, 11) is 1.88. The largest absolute Gasteiger partial charge is 0.445 e. The van der Waals surface area contributed by atoms with Crippen LogP contribution in [0.3, 0.4) is 0 Å². The highest BCUT2D eigenvalue weighted by Crippen LogP contribution is 2.22. The zero-order valence-corrected chi connectivity index (χ0v) is 18.2. The number of ether oxygens (including phenoxy) is 1. The molecule has 3 rings (SSSR count). The van der Waals surface area contributed by atoms with Crippen LogP contribution in [0.2, 0.25) is 0 Å². The molecule has 1 saturated heterocycles. The number of rotatable bonds is 7. The molecule has 0 N–H and O–H groups in total. The van der Waals surface area contributed by atoms with Gasteiger partial charge in [-0.15, -0.1) is 0 Å². The zero-order chi connectivity index (χ0) is 21.5. The fourth-order valence-corrected chi connectivity index (χ4v) is 3.98. The molecule has 1 aromatic heterocycles. The predicted molar refractivity (Wildman–Crippen MR) is 115 cm³/mol. The normalized spacial score (nSPS) is 19.0. The van der Waals surface area contributed by atoms with Gasteiger partial charge in [0.15, 0.2) is 0 Å². The van der Waals surface area contributed by atoms with E-state index in [1.54, 1.807) is 10.9 Å². The van der Waals surface area contributed by atoms with Crippen LogP contribution >= 0.6 is 0 Å². The van der Waals surface area contributed by atoms with E-state index >= 15 is 0 Å². The highest BCUT2D eigenvalue weighted by atomic mass is 16.6. The molecular weight excluding hydrogens is 380 g/mol. The second-order valence-corrected chi connectivity index (χ2v) is 7.89. The molecule has 2 atom stereocenters. The molecule has 0 spiro atoms. The van der Waals surface area contributed by atoms with Crippen LogP contribution in [0.1, 0.15) is 44.2 Å². The Morgan fingerprint density at radius 1 is 1.03 bits per heavy atom. The first-order valence-electron chi connectivity index (χ1n) is 10.8. The highest BCUT2D eigenvalue weighted by Gasteiger charge is 2.37. The molecule has 0 bridgehead atoms. The SMILES string of the molecule is CCC1CN(C(=O)OCc2ccccc2)C(CC)CN1C(=O)CCc1cnn(C)c1. The van der Waals surface area contributed by atoms with Crippen molar-refractivity contribution >= 4 is 12.0 Å².